The van der Waals surface area contributed by atoms with E-state index >= 15 is 0 Å². The number of benzene rings is 1. The van der Waals surface area contributed by atoms with Crippen molar-refractivity contribution in [2.45, 2.75) is 6.42 Å². The third kappa shape index (κ3) is 2.40. The first-order chi connectivity index (χ1) is 8.11. The molecule has 0 radical (unpaired) electrons. The minimum atomic E-state index is 0.340. The Balaban J connectivity index is 2.72. The first kappa shape index (κ1) is 11.9. The monoisotopic (exact) mass is 289 g/mol. The van der Waals surface area contributed by atoms with Crippen LogP contribution < -0.4 is 4.90 Å². The molecule has 0 spiro atoms. The molecule has 2 rings (SSSR count). The van der Waals surface area contributed by atoms with Gasteiger partial charge in [-0.1, -0.05) is 15.9 Å². The minimum absolute atomic E-state index is 0.340. The van der Waals surface area contributed by atoms with Crippen LogP contribution in [0.5, 0.6) is 0 Å². The number of anilines is 1. The number of aromatic nitrogens is 1. The fourth-order valence-corrected chi connectivity index (χ4v) is 2.14. The van der Waals surface area contributed by atoms with Crippen LogP contribution >= 0.6 is 15.9 Å². The van der Waals surface area contributed by atoms with Gasteiger partial charge in [0.15, 0.2) is 0 Å². The van der Waals surface area contributed by atoms with Crippen LogP contribution in [0.1, 0.15) is 5.69 Å². The van der Waals surface area contributed by atoms with Crippen molar-refractivity contribution in [2.24, 2.45) is 0 Å². The summed E-state index contributed by atoms with van der Waals surface area (Å²) in [6, 6.07) is 10.1. The number of hydrogen-bond acceptors (Lipinski definition) is 3. The summed E-state index contributed by atoms with van der Waals surface area (Å²) in [6.07, 6.45) is 0.340. The lowest BCUT2D eigenvalue weighted by atomic mass is 10.1. The highest BCUT2D eigenvalue weighted by molar-refractivity contribution is 9.10. The van der Waals surface area contributed by atoms with Crippen LogP contribution in [0, 0.1) is 11.3 Å². The minimum Gasteiger partial charge on any atom is -0.377 e. The molecule has 1 aromatic heterocycles. The van der Waals surface area contributed by atoms with E-state index in [9.17, 15) is 0 Å². The number of fused-ring (bicyclic) bond motifs is 1. The molecule has 0 saturated heterocycles. The average Bonchev–Trinajstić information content (AvgIpc) is 2.28. The number of rotatable bonds is 2. The maximum Gasteiger partial charge on any atom is 0.0775 e. The Morgan fingerprint density at radius 3 is 2.76 bits per heavy atom. The standard InChI is InChI=1S/C13H12BrN3/c1-17(2)13-8-10(5-6-15)16-12-4-3-9(14)7-11(12)13/h3-4,7-8H,5H2,1-2H3. The number of pyridine rings is 1. The Kier molecular flexibility index (Phi) is 3.30. The largest absolute Gasteiger partial charge is 0.377 e. The fourth-order valence-electron chi connectivity index (χ4n) is 1.78. The van der Waals surface area contributed by atoms with Gasteiger partial charge in [0.05, 0.1) is 23.7 Å². The highest BCUT2D eigenvalue weighted by Crippen LogP contribution is 2.28. The Labute approximate surface area is 109 Å². The van der Waals surface area contributed by atoms with E-state index in [-0.39, 0.29) is 0 Å². The van der Waals surface area contributed by atoms with Gasteiger partial charge in [0.1, 0.15) is 0 Å². The van der Waals surface area contributed by atoms with Gasteiger partial charge in [-0.05, 0) is 24.3 Å². The highest BCUT2D eigenvalue weighted by atomic mass is 79.9. The predicted octanol–water partition coefficient (Wildman–Crippen LogP) is 3.13. The predicted molar refractivity (Wildman–Crippen MR) is 73.1 cm³/mol. The van der Waals surface area contributed by atoms with Crippen molar-refractivity contribution in [2.75, 3.05) is 19.0 Å². The van der Waals surface area contributed by atoms with E-state index in [4.69, 9.17) is 5.26 Å². The fraction of sp³-hybridized carbons (Fsp3) is 0.231. The van der Waals surface area contributed by atoms with Crippen LogP contribution in [0.3, 0.4) is 0 Å². The van der Waals surface area contributed by atoms with Gasteiger partial charge in [0.25, 0.3) is 0 Å². The highest BCUT2D eigenvalue weighted by Gasteiger charge is 2.07. The van der Waals surface area contributed by atoms with Crippen molar-refractivity contribution < 1.29 is 0 Å². The van der Waals surface area contributed by atoms with E-state index in [1.807, 2.05) is 43.3 Å². The van der Waals surface area contributed by atoms with E-state index in [2.05, 4.69) is 27.0 Å². The van der Waals surface area contributed by atoms with Gasteiger partial charge >= 0.3 is 0 Å². The van der Waals surface area contributed by atoms with E-state index in [0.717, 1.165) is 26.8 Å². The Hall–Kier alpha value is -1.60. The van der Waals surface area contributed by atoms with Gasteiger partial charge in [-0.15, -0.1) is 0 Å². The molecule has 17 heavy (non-hydrogen) atoms. The quantitative estimate of drug-likeness (QED) is 0.853. The molecule has 0 fully saturated rings. The van der Waals surface area contributed by atoms with Crippen molar-refractivity contribution in [3.8, 4) is 6.07 Å². The summed E-state index contributed by atoms with van der Waals surface area (Å²) in [5, 5.41) is 9.84. The Morgan fingerprint density at radius 2 is 2.12 bits per heavy atom. The van der Waals surface area contributed by atoms with E-state index < -0.39 is 0 Å². The van der Waals surface area contributed by atoms with Gasteiger partial charge < -0.3 is 4.90 Å². The molecule has 0 aliphatic heterocycles. The molecule has 0 amide bonds. The summed E-state index contributed by atoms with van der Waals surface area (Å²) in [5.41, 5.74) is 2.82. The molecule has 0 bridgehead atoms. The van der Waals surface area contributed by atoms with Gasteiger partial charge in [-0.25, -0.2) is 0 Å². The van der Waals surface area contributed by atoms with E-state index in [0.29, 0.717) is 6.42 Å². The molecule has 2 aromatic rings. The second-order valence-electron chi connectivity index (χ2n) is 4.02. The second kappa shape index (κ2) is 4.72. The summed E-state index contributed by atoms with van der Waals surface area (Å²) in [4.78, 5) is 6.52. The zero-order valence-corrected chi connectivity index (χ0v) is 11.3. The van der Waals surface area contributed by atoms with Crippen molar-refractivity contribution in [3.05, 3.63) is 34.4 Å². The zero-order chi connectivity index (χ0) is 12.4. The topological polar surface area (TPSA) is 39.9 Å². The van der Waals surface area contributed by atoms with Crippen LogP contribution in [0.25, 0.3) is 10.9 Å². The molecule has 0 unspecified atom stereocenters. The third-order valence-electron chi connectivity index (χ3n) is 2.54. The van der Waals surface area contributed by atoms with Crippen LogP contribution in [0.4, 0.5) is 5.69 Å². The first-order valence-corrected chi connectivity index (χ1v) is 6.04. The summed E-state index contributed by atoms with van der Waals surface area (Å²) in [6.45, 7) is 0. The molecule has 4 heteroatoms. The van der Waals surface area contributed by atoms with Crippen molar-refractivity contribution in [1.29, 1.82) is 5.26 Å². The van der Waals surface area contributed by atoms with Crippen LogP contribution in [0.15, 0.2) is 28.7 Å². The molecule has 0 aliphatic carbocycles. The molecule has 1 heterocycles. The maximum atomic E-state index is 8.75. The van der Waals surface area contributed by atoms with Crippen molar-refractivity contribution in [1.82, 2.24) is 4.98 Å². The smallest absolute Gasteiger partial charge is 0.0775 e. The molecular formula is C13H12BrN3. The number of halogens is 1. The normalized spacial score (nSPS) is 10.2. The van der Waals surface area contributed by atoms with E-state index in [1.54, 1.807) is 0 Å². The molecule has 3 nitrogen and oxygen atoms in total. The molecular weight excluding hydrogens is 278 g/mol. The number of hydrogen-bond donors (Lipinski definition) is 0. The summed E-state index contributed by atoms with van der Waals surface area (Å²) in [7, 11) is 3.98. The molecule has 0 atom stereocenters. The molecule has 0 saturated carbocycles. The number of nitriles is 1. The lowest BCUT2D eigenvalue weighted by Crippen LogP contribution is -2.10. The number of nitrogens with zero attached hydrogens (tertiary/aromatic N) is 3. The molecule has 0 aliphatic rings. The first-order valence-electron chi connectivity index (χ1n) is 5.25. The van der Waals surface area contributed by atoms with Gasteiger partial charge in [-0.3, -0.25) is 4.98 Å². The van der Waals surface area contributed by atoms with Crippen LogP contribution in [-0.4, -0.2) is 19.1 Å². The summed E-state index contributed by atoms with van der Waals surface area (Å²) in [5.74, 6) is 0. The van der Waals surface area contributed by atoms with Crippen LogP contribution in [-0.2, 0) is 6.42 Å². The molecule has 86 valence electrons. The van der Waals surface area contributed by atoms with Crippen molar-refractivity contribution in [3.63, 3.8) is 0 Å². The zero-order valence-electron chi connectivity index (χ0n) is 9.74. The van der Waals surface area contributed by atoms with E-state index in [1.165, 1.54) is 0 Å². The van der Waals surface area contributed by atoms with Crippen LogP contribution in [0.2, 0.25) is 0 Å². The summed E-state index contributed by atoms with van der Waals surface area (Å²) >= 11 is 3.47. The summed E-state index contributed by atoms with van der Waals surface area (Å²) < 4.78 is 1.03. The Bertz CT molecular complexity index is 599. The lowest BCUT2D eigenvalue weighted by molar-refractivity contribution is 1.10. The SMILES string of the molecule is CN(C)c1cc(CC#N)nc2ccc(Br)cc12. The van der Waals surface area contributed by atoms with Gasteiger partial charge in [0, 0.05) is 29.6 Å². The second-order valence-corrected chi connectivity index (χ2v) is 4.94. The lowest BCUT2D eigenvalue weighted by Gasteiger charge is -2.16. The third-order valence-corrected chi connectivity index (χ3v) is 3.04. The average molecular weight is 290 g/mol. The maximum absolute atomic E-state index is 8.75. The van der Waals surface area contributed by atoms with Gasteiger partial charge in [-0.2, -0.15) is 5.26 Å². The van der Waals surface area contributed by atoms with Crippen molar-refractivity contribution >= 4 is 32.5 Å². The molecule has 0 N–H and O–H groups in total. The molecule has 1 aromatic carbocycles. The Morgan fingerprint density at radius 1 is 1.35 bits per heavy atom. The van der Waals surface area contributed by atoms with Gasteiger partial charge in [0.2, 0.25) is 0 Å².